The lowest BCUT2D eigenvalue weighted by molar-refractivity contribution is 0.0713. The van der Waals surface area contributed by atoms with Crippen molar-refractivity contribution < 1.29 is 9.53 Å². The number of amides is 1. The van der Waals surface area contributed by atoms with E-state index in [2.05, 4.69) is 22.1 Å². The summed E-state index contributed by atoms with van der Waals surface area (Å²) in [5.41, 5.74) is 2.99. The van der Waals surface area contributed by atoms with Crippen LogP contribution in [0.15, 0.2) is 48.8 Å². The molecule has 1 aliphatic rings. The number of rotatable bonds is 3. The molecule has 0 saturated carbocycles. The van der Waals surface area contributed by atoms with Crippen molar-refractivity contribution in [3.63, 3.8) is 0 Å². The highest BCUT2D eigenvalue weighted by Gasteiger charge is 2.25. The van der Waals surface area contributed by atoms with Crippen LogP contribution >= 0.6 is 0 Å². The maximum Gasteiger partial charge on any atom is 0.253 e. The summed E-state index contributed by atoms with van der Waals surface area (Å²) >= 11 is 0. The molecule has 0 unspecified atom stereocenters. The Kier molecular flexibility index (Phi) is 4.14. The summed E-state index contributed by atoms with van der Waals surface area (Å²) in [6.45, 7) is 1.56. The number of methoxy groups -OCH3 is 1. The molecule has 1 amide bonds. The topological polar surface area (TPSA) is 58.2 Å². The molecule has 0 aliphatic carbocycles. The Balaban J connectivity index is 1.45. The zero-order chi connectivity index (χ0) is 17.2. The van der Waals surface area contributed by atoms with Crippen molar-refractivity contribution in [2.75, 3.05) is 20.2 Å². The van der Waals surface area contributed by atoms with Gasteiger partial charge in [-0.05, 0) is 60.7 Å². The van der Waals surface area contributed by atoms with Gasteiger partial charge in [0.05, 0.1) is 7.11 Å². The predicted molar refractivity (Wildman–Crippen MR) is 97.0 cm³/mol. The van der Waals surface area contributed by atoms with E-state index in [4.69, 9.17) is 4.74 Å². The first kappa shape index (κ1) is 15.7. The van der Waals surface area contributed by atoms with E-state index < -0.39 is 0 Å². The summed E-state index contributed by atoms with van der Waals surface area (Å²) in [6.07, 6.45) is 5.75. The van der Waals surface area contributed by atoms with Crippen molar-refractivity contribution in [3.8, 4) is 5.75 Å². The molecule has 0 bridgehead atoms. The molecule has 128 valence electrons. The second kappa shape index (κ2) is 6.59. The molecule has 5 nitrogen and oxygen atoms in total. The van der Waals surface area contributed by atoms with Gasteiger partial charge in [0, 0.05) is 36.4 Å². The lowest BCUT2D eigenvalue weighted by Gasteiger charge is -2.32. The fourth-order valence-corrected chi connectivity index (χ4v) is 3.65. The number of pyridine rings is 1. The summed E-state index contributed by atoms with van der Waals surface area (Å²) in [5.74, 6) is 1.34. The first-order valence-corrected chi connectivity index (χ1v) is 8.61. The number of piperidine rings is 1. The predicted octanol–water partition coefficient (Wildman–Crippen LogP) is 3.59. The quantitative estimate of drug-likeness (QED) is 0.796. The molecule has 0 atom stereocenters. The summed E-state index contributed by atoms with van der Waals surface area (Å²) in [6, 6.07) is 11.5. The highest BCUT2D eigenvalue weighted by atomic mass is 16.5. The van der Waals surface area contributed by atoms with Gasteiger partial charge in [-0.15, -0.1) is 0 Å². The molecule has 1 N–H and O–H groups in total. The van der Waals surface area contributed by atoms with E-state index in [1.807, 2.05) is 41.6 Å². The van der Waals surface area contributed by atoms with Crippen LogP contribution in [-0.2, 0) is 0 Å². The normalized spacial score (nSPS) is 15.5. The Morgan fingerprint density at radius 1 is 1.16 bits per heavy atom. The molecule has 2 aromatic heterocycles. The molecule has 25 heavy (non-hydrogen) atoms. The number of aromatic nitrogens is 2. The minimum atomic E-state index is 0.0997. The molecule has 0 radical (unpaired) electrons. The second-order valence-electron chi connectivity index (χ2n) is 6.44. The first-order chi connectivity index (χ1) is 12.3. The third kappa shape index (κ3) is 2.97. The average Bonchev–Trinajstić information content (AvgIpc) is 3.16. The number of likely N-dealkylation sites (tertiary alicyclic amines) is 1. The van der Waals surface area contributed by atoms with Crippen molar-refractivity contribution in [1.82, 2.24) is 14.9 Å². The fraction of sp³-hybridized carbons (Fsp3) is 0.300. The number of nitrogens with zero attached hydrogens (tertiary/aromatic N) is 2. The molecular weight excluding hydrogens is 314 g/mol. The van der Waals surface area contributed by atoms with Gasteiger partial charge in [-0.2, -0.15) is 0 Å². The molecule has 1 aromatic carbocycles. The highest BCUT2D eigenvalue weighted by molar-refractivity contribution is 5.94. The Hall–Kier alpha value is -2.82. The van der Waals surface area contributed by atoms with E-state index in [0.29, 0.717) is 5.92 Å². The number of carbonyl (C=O) groups is 1. The van der Waals surface area contributed by atoms with Crippen LogP contribution in [-0.4, -0.2) is 41.0 Å². The largest absolute Gasteiger partial charge is 0.497 e. The van der Waals surface area contributed by atoms with Crippen LogP contribution < -0.4 is 4.74 Å². The number of H-pyrrole nitrogens is 1. The van der Waals surface area contributed by atoms with Crippen molar-refractivity contribution in [3.05, 3.63) is 59.9 Å². The van der Waals surface area contributed by atoms with Crippen molar-refractivity contribution in [2.24, 2.45) is 0 Å². The Labute approximate surface area is 146 Å². The van der Waals surface area contributed by atoms with Gasteiger partial charge in [-0.1, -0.05) is 0 Å². The zero-order valence-corrected chi connectivity index (χ0v) is 14.2. The Bertz CT molecular complexity index is 877. The van der Waals surface area contributed by atoms with Crippen LogP contribution in [0.25, 0.3) is 11.0 Å². The molecule has 3 aromatic rings. The molecule has 0 spiro atoms. The number of ether oxygens (including phenoxy) is 1. The van der Waals surface area contributed by atoms with Crippen molar-refractivity contribution >= 4 is 16.9 Å². The van der Waals surface area contributed by atoms with Gasteiger partial charge in [0.1, 0.15) is 11.4 Å². The minimum Gasteiger partial charge on any atom is -0.497 e. The van der Waals surface area contributed by atoms with Gasteiger partial charge in [-0.3, -0.25) is 4.79 Å². The summed E-state index contributed by atoms with van der Waals surface area (Å²) in [4.78, 5) is 22.2. The summed E-state index contributed by atoms with van der Waals surface area (Å²) in [5, 5.41) is 1.20. The average molecular weight is 335 g/mol. The maximum atomic E-state index is 12.7. The van der Waals surface area contributed by atoms with Crippen LogP contribution in [0.5, 0.6) is 5.75 Å². The van der Waals surface area contributed by atoms with Gasteiger partial charge in [0.25, 0.3) is 5.91 Å². The summed E-state index contributed by atoms with van der Waals surface area (Å²) < 4.78 is 5.15. The standard InChI is InChI=1S/C20H21N3O2/c1-25-16-4-2-15(3-5-16)20(24)23-12-8-14(9-13-23)17-6-10-21-19-18(17)7-11-22-19/h2-7,10-11,14H,8-9,12-13H2,1H3,(H,21,22). The van der Waals surface area contributed by atoms with Crippen molar-refractivity contribution in [2.45, 2.75) is 18.8 Å². The lowest BCUT2D eigenvalue weighted by atomic mass is 9.88. The molecule has 1 saturated heterocycles. The molecule has 3 heterocycles. The van der Waals surface area contributed by atoms with E-state index in [1.54, 1.807) is 7.11 Å². The Morgan fingerprint density at radius 3 is 2.64 bits per heavy atom. The number of nitrogens with one attached hydrogen (secondary N) is 1. The van der Waals surface area contributed by atoms with E-state index in [0.717, 1.165) is 42.9 Å². The molecule has 5 heteroatoms. The van der Waals surface area contributed by atoms with Crippen LogP contribution in [0.3, 0.4) is 0 Å². The van der Waals surface area contributed by atoms with E-state index in [1.165, 1.54) is 10.9 Å². The third-order valence-corrected chi connectivity index (χ3v) is 5.05. The van der Waals surface area contributed by atoms with Crippen LogP contribution in [0.2, 0.25) is 0 Å². The highest BCUT2D eigenvalue weighted by Crippen LogP contribution is 2.32. The van der Waals surface area contributed by atoms with E-state index in [9.17, 15) is 4.79 Å². The third-order valence-electron chi connectivity index (χ3n) is 5.05. The van der Waals surface area contributed by atoms with E-state index in [-0.39, 0.29) is 5.91 Å². The SMILES string of the molecule is COc1ccc(C(=O)N2CCC(c3ccnc4[nH]ccc34)CC2)cc1. The van der Waals surface area contributed by atoms with Gasteiger partial charge >= 0.3 is 0 Å². The van der Waals surface area contributed by atoms with Crippen molar-refractivity contribution in [1.29, 1.82) is 0 Å². The second-order valence-corrected chi connectivity index (χ2v) is 6.44. The monoisotopic (exact) mass is 335 g/mol. The number of aromatic amines is 1. The van der Waals surface area contributed by atoms with Crippen LogP contribution in [0.4, 0.5) is 0 Å². The smallest absolute Gasteiger partial charge is 0.253 e. The van der Waals surface area contributed by atoms with Gasteiger partial charge in [0.2, 0.25) is 0 Å². The molecular formula is C20H21N3O2. The van der Waals surface area contributed by atoms with E-state index >= 15 is 0 Å². The maximum absolute atomic E-state index is 12.7. The molecule has 4 rings (SSSR count). The van der Waals surface area contributed by atoms with Gasteiger partial charge < -0.3 is 14.6 Å². The number of fused-ring (bicyclic) bond motifs is 1. The van der Waals surface area contributed by atoms with Crippen LogP contribution in [0, 0.1) is 0 Å². The number of hydrogen-bond donors (Lipinski definition) is 1. The van der Waals surface area contributed by atoms with Gasteiger partial charge in [-0.25, -0.2) is 4.98 Å². The van der Waals surface area contributed by atoms with Crippen LogP contribution in [0.1, 0.15) is 34.7 Å². The van der Waals surface area contributed by atoms with Gasteiger partial charge in [0.15, 0.2) is 0 Å². The number of carbonyl (C=O) groups excluding carboxylic acids is 1. The zero-order valence-electron chi connectivity index (χ0n) is 14.2. The molecule has 1 fully saturated rings. The fourth-order valence-electron chi connectivity index (χ4n) is 3.65. The summed E-state index contributed by atoms with van der Waals surface area (Å²) in [7, 11) is 1.63. The first-order valence-electron chi connectivity index (χ1n) is 8.61. The minimum absolute atomic E-state index is 0.0997. The Morgan fingerprint density at radius 2 is 1.92 bits per heavy atom. The number of benzene rings is 1. The number of hydrogen-bond acceptors (Lipinski definition) is 3. The molecule has 1 aliphatic heterocycles. The lowest BCUT2D eigenvalue weighted by Crippen LogP contribution is -2.37.